The lowest BCUT2D eigenvalue weighted by atomic mass is 10.1. The number of hydrogen-bond acceptors (Lipinski definition) is 3. The molecule has 0 fully saturated rings. The lowest BCUT2D eigenvalue weighted by Crippen LogP contribution is -2.25. The normalized spacial score (nSPS) is 10.5. The van der Waals surface area contributed by atoms with Gasteiger partial charge in [-0.25, -0.2) is 5.06 Å². The van der Waals surface area contributed by atoms with Crippen molar-refractivity contribution in [3.8, 4) is 0 Å². The number of benzene rings is 1. The van der Waals surface area contributed by atoms with Crippen LogP contribution in [0.1, 0.15) is 10.4 Å². The summed E-state index contributed by atoms with van der Waals surface area (Å²) in [7, 11) is 3.03. The standard InChI is InChI=1S/C12H11BrN2O2/c1-15(17-2)12(16)8-3-4-11-9(7-8)10(13)5-6-14-11/h3-7H,1-2H3. The van der Waals surface area contributed by atoms with Crippen LogP contribution in [0, 0.1) is 0 Å². The number of pyridine rings is 1. The first-order valence-electron chi connectivity index (χ1n) is 5.00. The molecule has 0 spiro atoms. The summed E-state index contributed by atoms with van der Waals surface area (Å²) in [5, 5.41) is 2.09. The quantitative estimate of drug-likeness (QED) is 0.800. The summed E-state index contributed by atoms with van der Waals surface area (Å²) in [6.45, 7) is 0. The number of amides is 1. The third-order valence-corrected chi connectivity index (χ3v) is 3.19. The van der Waals surface area contributed by atoms with Gasteiger partial charge in [0.1, 0.15) is 0 Å². The van der Waals surface area contributed by atoms with Crippen molar-refractivity contribution in [2.45, 2.75) is 0 Å². The number of carbonyl (C=O) groups excluding carboxylic acids is 1. The molecular formula is C12H11BrN2O2. The van der Waals surface area contributed by atoms with Crippen molar-refractivity contribution in [2.24, 2.45) is 0 Å². The second-order valence-electron chi connectivity index (χ2n) is 3.51. The topological polar surface area (TPSA) is 42.4 Å². The summed E-state index contributed by atoms with van der Waals surface area (Å²) in [5.41, 5.74) is 1.41. The van der Waals surface area contributed by atoms with Gasteiger partial charge in [0.2, 0.25) is 0 Å². The van der Waals surface area contributed by atoms with E-state index in [9.17, 15) is 4.79 Å². The molecule has 5 heteroatoms. The molecule has 1 amide bonds. The Morgan fingerprint density at radius 1 is 1.41 bits per heavy atom. The van der Waals surface area contributed by atoms with E-state index in [0.717, 1.165) is 15.4 Å². The lowest BCUT2D eigenvalue weighted by molar-refractivity contribution is -0.0756. The molecule has 0 unspecified atom stereocenters. The van der Waals surface area contributed by atoms with Crippen molar-refractivity contribution in [3.05, 3.63) is 40.5 Å². The molecule has 0 radical (unpaired) electrons. The predicted molar refractivity (Wildman–Crippen MR) is 68.5 cm³/mol. The van der Waals surface area contributed by atoms with Gasteiger partial charge in [-0.3, -0.25) is 14.6 Å². The minimum atomic E-state index is -0.190. The molecule has 0 aliphatic rings. The Bertz CT molecular complexity index is 571. The molecule has 17 heavy (non-hydrogen) atoms. The molecule has 2 aromatic rings. The zero-order valence-electron chi connectivity index (χ0n) is 9.48. The van der Waals surface area contributed by atoms with Gasteiger partial charge in [0.15, 0.2) is 0 Å². The number of aromatic nitrogens is 1. The van der Waals surface area contributed by atoms with Gasteiger partial charge in [-0.2, -0.15) is 0 Å². The fourth-order valence-corrected chi connectivity index (χ4v) is 1.95. The molecule has 0 saturated carbocycles. The van der Waals surface area contributed by atoms with Crippen molar-refractivity contribution >= 4 is 32.7 Å². The van der Waals surface area contributed by atoms with Crippen molar-refractivity contribution in [3.63, 3.8) is 0 Å². The fourth-order valence-electron chi connectivity index (χ4n) is 1.51. The number of fused-ring (bicyclic) bond motifs is 1. The van der Waals surface area contributed by atoms with Crippen LogP contribution in [0.4, 0.5) is 0 Å². The van der Waals surface area contributed by atoms with Crippen LogP contribution >= 0.6 is 15.9 Å². The number of nitrogens with zero attached hydrogens (tertiary/aromatic N) is 2. The summed E-state index contributed by atoms with van der Waals surface area (Å²) in [6.07, 6.45) is 1.72. The molecule has 1 heterocycles. The van der Waals surface area contributed by atoms with Crippen molar-refractivity contribution in [1.29, 1.82) is 0 Å². The second-order valence-corrected chi connectivity index (χ2v) is 4.36. The Kier molecular flexibility index (Phi) is 3.40. The van der Waals surface area contributed by atoms with E-state index in [1.54, 1.807) is 25.4 Å². The number of carbonyl (C=O) groups is 1. The molecule has 2 rings (SSSR count). The minimum Gasteiger partial charge on any atom is -0.274 e. The molecule has 0 aliphatic carbocycles. The largest absolute Gasteiger partial charge is 0.277 e. The van der Waals surface area contributed by atoms with Crippen LogP contribution in [0.15, 0.2) is 34.9 Å². The van der Waals surface area contributed by atoms with E-state index < -0.39 is 0 Å². The zero-order valence-corrected chi connectivity index (χ0v) is 11.1. The monoisotopic (exact) mass is 294 g/mol. The predicted octanol–water partition coefficient (Wildman–Crippen LogP) is 2.63. The highest BCUT2D eigenvalue weighted by molar-refractivity contribution is 9.10. The van der Waals surface area contributed by atoms with E-state index in [1.807, 2.05) is 12.1 Å². The zero-order chi connectivity index (χ0) is 12.4. The van der Waals surface area contributed by atoms with Gasteiger partial charge in [-0.05, 0) is 24.3 Å². The van der Waals surface area contributed by atoms with Gasteiger partial charge in [0, 0.05) is 28.7 Å². The van der Waals surface area contributed by atoms with E-state index in [4.69, 9.17) is 4.84 Å². The van der Waals surface area contributed by atoms with Crippen LogP contribution in [0.3, 0.4) is 0 Å². The van der Waals surface area contributed by atoms with E-state index in [1.165, 1.54) is 12.2 Å². The minimum absolute atomic E-state index is 0.190. The summed E-state index contributed by atoms with van der Waals surface area (Å²) in [6, 6.07) is 7.19. The molecule has 1 aromatic heterocycles. The fraction of sp³-hybridized carbons (Fsp3) is 0.167. The Morgan fingerprint density at radius 2 is 2.18 bits per heavy atom. The van der Waals surface area contributed by atoms with Crippen molar-refractivity contribution in [1.82, 2.24) is 10.0 Å². The SMILES string of the molecule is CON(C)C(=O)c1ccc2nccc(Br)c2c1. The first kappa shape index (κ1) is 12.0. The van der Waals surface area contributed by atoms with Crippen LogP contribution in [0.5, 0.6) is 0 Å². The van der Waals surface area contributed by atoms with Crippen LogP contribution in [0.25, 0.3) is 10.9 Å². The van der Waals surface area contributed by atoms with Crippen LogP contribution < -0.4 is 0 Å². The summed E-state index contributed by atoms with van der Waals surface area (Å²) in [4.78, 5) is 21.0. The van der Waals surface area contributed by atoms with Gasteiger partial charge >= 0.3 is 0 Å². The third kappa shape index (κ3) is 2.30. The lowest BCUT2D eigenvalue weighted by Gasteiger charge is -2.13. The number of hydrogen-bond donors (Lipinski definition) is 0. The summed E-state index contributed by atoms with van der Waals surface area (Å²) >= 11 is 3.44. The molecule has 0 bridgehead atoms. The highest BCUT2D eigenvalue weighted by Gasteiger charge is 2.12. The number of halogens is 1. The molecule has 88 valence electrons. The van der Waals surface area contributed by atoms with E-state index in [2.05, 4.69) is 20.9 Å². The molecule has 0 saturated heterocycles. The maximum atomic E-state index is 11.9. The third-order valence-electron chi connectivity index (χ3n) is 2.50. The molecule has 4 nitrogen and oxygen atoms in total. The summed E-state index contributed by atoms with van der Waals surface area (Å²) < 4.78 is 0.914. The van der Waals surface area contributed by atoms with Crippen LogP contribution in [-0.4, -0.2) is 30.1 Å². The van der Waals surface area contributed by atoms with E-state index in [0.29, 0.717) is 5.56 Å². The maximum Gasteiger partial charge on any atom is 0.277 e. The molecule has 1 aromatic carbocycles. The number of hydroxylamine groups is 2. The highest BCUT2D eigenvalue weighted by atomic mass is 79.9. The first-order chi connectivity index (χ1) is 8.13. The molecule has 0 N–H and O–H groups in total. The van der Waals surface area contributed by atoms with Gasteiger partial charge in [-0.15, -0.1) is 0 Å². The molecule has 0 atom stereocenters. The summed E-state index contributed by atoms with van der Waals surface area (Å²) in [5.74, 6) is -0.190. The van der Waals surface area contributed by atoms with Gasteiger partial charge in [-0.1, -0.05) is 15.9 Å². The molecular weight excluding hydrogens is 284 g/mol. The highest BCUT2D eigenvalue weighted by Crippen LogP contribution is 2.23. The van der Waals surface area contributed by atoms with Gasteiger partial charge < -0.3 is 0 Å². The second kappa shape index (κ2) is 4.81. The van der Waals surface area contributed by atoms with Gasteiger partial charge in [0.25, 0.3) is 5.91 Å². The first-order valence-corrected chi connectivity index (χ1v) is 5.79. The molecule has 0 aliphatic heterocycles. The van der Waals surface area contributed by atoms with E-state index in [-0.39, 0.29) is 5.91 Å². The van der Waals surface area contributed by atoms with Gasteiger partial charge in [0.05, 0.1) is 12.6 Å². The average molecular weight is 295 g/mol. The smallest absolute Gasteiger partial charge is 0.274 e. The Balaban J connectivity index is 2.51. The van der Waals surface area contributed by atoms with Crippen molar-refractivity contribution in [2.75, 3.05) is 14.2 Å². The van der Waals surface area contributed by atoms with Crippen LogP contribution in [-0.2, 0) is 4.84 Å². The average Bonchev–Trinajstić information content (AvgIpc) is 2.37. The Morgan fingerprint density at radius 3 is 2.88 bits per heavy atom. The van der Waals surface area contributed by atoms with E-state index >= 15 is 0 Å². The van der Waals surface area contributed by atoms with Crippen molar-refractivity contribution < 1.29 is 9.63 Å². The van der Waals surface area contributed by atoms with Crippen LogP contribution in [0.2, 0.25) is 0 Å². The Hall–Kier alpha value is -1.46. The maximum absolute atomic E-state index is 11.9. The number of rotatable bonds is 2. The Labute approximate surface area is 107 Å².